The van der Waals surface area contributed by atoms with Gasteiger partial charge < -0.3 is 9.80 Å². The summed E-state index contributed by atoms with van der Waals surface area (Å²) in [5.74, 6) is 0. The summed E-state index contributed by atoms with van der Waals surface area (Å²) in [6.07, 6.45) is 16.4. The van der Waals surface area contributed by atoms with Crippen molar-refractivity contribution in [3.8, 4) is 22.3 Å². The fraction of sp³-hybridized carbons (Fsp3) is 0.152. The Kier molecular flexibility index (Phi) is 11.1. The lowest BCUT2D eigenvalue weighted by Crippen LogP contribution is -2.17. The van der Waals surface area contributed by atoms with E-state index in [4.69, 9.17) is 0 Å². The molecule has 2 aromatic heterocycles. The number of pyridine rings is 2. The van der Waals surface area contributed by atoms with Gasteiger partial charge in [0.2, 0.25) is 0 Å². The molecule has 0 aliphatic heterocycles. The Morgan fingerprint density at radius 3 is 0.957 bits per heavy atom. The zero-order chi connectivity index (χ0) is 48.3. The third-order valence-electron chi connectivity index (χ3n) is 14.5. The highest BCUT2D eigenvalue weighted by atomic mass is 15.1. The molecule has 4 heteroatoms. The molecule has 70 heavy (non-hydrogen) atoms. The van der Waals surface area contributed by atoms with Crippen LogP contribution in [0.3, 0.4) is 0 Å². The Bertz CT molecular complexity index is 3250. The first-order valence-corrected chi connectivity index (χ1v) is 24.4. The highest BCUT2D eigenvalue weighted by molar-refractivity contribution is 5.89. The van der Waals surface area contributed by atoms with Crippen molar-refractivity contribution in [2.45, 2.75) is 66.2 Å². The highest BCUT2D eigenvalue weighted by Gasteiger charge is 2.37. The van der Waals surface area contributed by atoms with Crippen LogP contribution in [-0.4, -0.2) is 9.97 Å². The summed E-state index contributed by atoms with van der Waals surface area (Å²) in [5.41, 5.74) is 26.8. The number of anilines is 6. The normalized spacial score (nSPS) is 13.8. The van der Waals surface area contributed by atoms with E-state index in [2.05, 4.69) is 257 Å². The van der Waals surface area contributed by atoms with Gasteiger partial charge in [0.1, 0.15) is 0 Å². The predicted molar refractivity (Wildman–Crippen MR) is 296 cm³/mol. The lowest BCUT2D eigenvalue weighted by Gasteiger charge is -2.28. The number of hydrogen-bond donors (Lipinski definition) is 0. The molecule has 9 aromatic rings. The van der Waals surface area contributed by atoms with Gasteiger partial charge in [0, 0.05) is 69.7 Å². The minimum absolute atomic E-state index is 0.170. The van der Waals surface area contributed by atoms with Crippen molar-refractivity contribution < 1.29 is 0 Å². The second-order valence-corrected chi connectivity index (χ2v) is 20.4. The van der Waals surface area contributed by atoms with Gasteiger partial charge in [-0.25, -0.2) is 0 Å². The van der Waals surface area contributed by atoms with E-state index in [-0.39, 0.29) is 10.8 Å². The summed E-state index contributed by atoms with van der Waals surface area (Å²) in [6.45, 7) is 18.1. The summed E-state index contributed by atoms with van der Waals surface area (Å²) in [6, 6.07) is 58.5. The summed E-state index contributed by atoms with van der Waals surface area (Å²) in [7, 11) is 0. The predicted octanol–water partition coefficient (Wildman–Crippen LogP) is 17.6. The number of hydrogen-bond acceptors (Lipinski definition) is 4. The van der Waals surface area contributed by atoms with Crippen molar-refractivity contribution in [3.05, 3.63) is 249 Å². The van der Waals surface area contributed by atoms with Gasteiger partial charge in [-0.1, -0.05) is 137 Å². The molecule has 11 rings (SSSR count). The second kappa shape index (κ2) is 17.5. The lowest BCUT2D eigenvalue weighted by molar-refractivity contribution is 0.660. The van der Waals surface area contributed by atoms with Crippen LogP contribution in [-0.2, 0) is 10.8 Å². The molecule has 0 radical (unpaired) electrons. The van der Waals surface area contributed by atoms with Crippen molar-refractivity contribution >= 4 is 58.4 Å². The van der Waals surface area contributed by atoms with Gasteiger partial charge in [-0.3, -0.25) is 9.97 Å². The Balaban J connectivity index is 0.801. The van der Waals surface area contributed by atoms with Crippen LogP contribution in [0.2, 0.25) is 0 Å². The number of nitrogens with zero attached hydrogens (tertiary/aromatic N) is 4. The van der Waals surface area contributed by atoms with Gasteiger partial charge in [-0.2, -0.15) is 0 Å². The van der Waals surface area contributed by atoms with Crippen molar-refractivity contribution in [2.24, 2.45) is 0 Å². The van der Waals surface area contributed by atoms with Gasteiger partial charge in [0.05, 0.1) is 0 Å². The highest BCUT2D eigenvalue weighted by Crippen LogP contribution is 2.53. The molecule has 0 saturated heterocycles. The fourth-order valence-electron chi connectivity index (χ4n) is 11.1. The quantitative estimate of drug-likeness (QED) is 0.128. The first-order chi connectivity index (χ1) is 33.8. The Morgan fingerprint density at radius 1 is 0.300 bits per heavy atom. The van der Waals surface area contributed by atoms with Crippen LogP contribution in [0.1, 0.15) is 94.5 Å². The van der Waals surface area contributed by atoms with Crippen LogP contribution in [0, 0.1) is 27.7 Å². The van der Waals surface area contributed by atoms with E-state index >= 15 is 0 Å². The summed E-state index contributed by atoms with van der Waals surface area (Å²) in [4.78, 5) is 13.3. The molecule has 0 atom stereocenters. The van der Waals surface area contributed by atoms with E-state index in [1.165, 1.54) is 89.0 Å². The van der Waals surface area contributed by atoms with Crippen LogP contribution in [0.15, 0.2) is 183 Å². The van der Waals surface area contributed by atoms with Crippen molar-refractivity contribution in [3.63, 3.8) is 0 Å². The third kappa shape index (κ3) is 8.13. The number of fused-ring (bicyclic) bond motifs is 6. The van der Waals surface area contributed by atoms with E-state index < -0.39 is 0 Å². The molecule has 7 aromatic carbocycles. The van der Waals surface area contributed by atoms with Gasteiger partial charge in [-0.05, 0) is 190 Å². The Morgan fingerprint density at radius 2 is 0.600 bits per heavy atom. The minimum Gasteiger partial charge on any atom is -0.310 e. The number of rotatable bonds is 10. The number of aromatic nitrogens is 2. The molecule has 0 fully saturated rings. The molecule has 4 nitrogen and oxygen atoms in total. The largest absolute Gasteiger partial charge is 0.310 e. The molecule has 0 bridgehead atoms. The van der Waals surface area contributed by atoms with E-state index in [0.29, 0.717) is 0 Å². The third-order valence-corrected chi connectivity index (χ3v) is 14.5. The van der Waals surface area contributed by atoms with E-state index in [9.17, 15) is 0 Å². The van der Waals surface area contributed by atoms with Gasteiger partial charge in [-0.15, -0.1) is 0 Å². The zero-order valence-electron chi connectivity index (χ0n) is 41.4. The molecule has 342 valence electrons. The van der Waals surface area contributed by atoms with Crippen LogP contribution < -0.4 is 9.80 Å². The molecular formula is C66H58N4. The molecule has 2 aliphatic rings. The topological polar surface area (TPSA) is 32.3 Å². The first-order valence-electron chi connectivity index (χ1n) is 24.4. The summed E-state index contributed by atoms with van der Waals surface area (Å²) < 4.78 is 0. The Hall–Kier alpha value is -8.08. The average Bonchev–Trinajstić information content (AvgIpc) is 3.71. The molecular weight excluding hydrogens is 849 g/mol. The van der Waals surface area contributed by atoms with Crippen LogP contribution in [0.5, 0.6) is 0 Å². The molecule has 0 unspecified atom stereocenters. The fourth-order valence-corrected chi connectivity index (χ4v) is 11.1. The molecule has 2 aliphatic carbocycles. The molecule has 0 saturated carbocycles. The number of aryl methyl sites for hydroxylation is 4. The smallest absolute Gasteiger partial charge is 0.0492 e. The van der Waals surface area contributed by atoms with Crippen molar-refractivity contribution in [1.82, 2.24) is 9.97 Å². The van der Waals surface area contributed by atoms with Gasteiger partial charge in [0.25, 0.3) is 0 Å². The van der Waals surface area contributed by atoms with E-state index in [1.807, 2.05) is 24.8 Å². The monoisotopic (exact) mass is 906 g/mol. The maximum absolute atomic E-state index is 4.32. The van der Waals surface area contributed by atoms with Crippen LogP contribution in [0.25, 0.3) is 46.6 Å². The molecule has 0 N–H and O–H groups in total. The number of benzene rings is 7. The SMILES string of the molecule is Cc1cc(C)cc(N(c2ccncc2)c2ccc3c(c2)C(C)(C)c2cc(C=Cc4ccc(C=Cc5ccc6c(c5)C(C)(C)c5cc(N(c7ccncc7)c7cc(C)cc(C)c7)ccc5-6)cc4)ccc2-3)c1. The van der Waals surface area contributed by atoms with Gasteiger partial charge >= 0.3 is 0 Å². The standard InChI is InChI=1S/C66H58N4/c1-43-33-44(2)36-55(35-43)69(51-25-29-67-30-26-51)53-19-23-59-57-21-17-49(39-61(57)65(5,6)63(59)41-53)15-13-47-9-11-48(12-10-47)14-16-50-18-22-58-60-24-20-54(42-64(60)66(7,8)62(58)40-50)70(52-27-31-68-32-28-52)56-37-45(3)34-46(4)38-56/h9-42H,1-8H3. The summed E-state index contributed by atoms with van der Waals surface area (Å²) in [5, 5.41) is 0. The van der Waals surface area contributed by atoms with Crippen LogP contribution in [0.4, 0.5) is 34.1 Å². The maximum atomic E-state index is 4.32. The lowest BCUT2D eigenvalue weighted by atomic mass is 9.81. The van der Waals surface area contributed by atoms with Crippen molar-refractivity contribution in [1.29, 1.82) is 0 Å². The average molecular weight is 907 g/mol. The van der Waals surface area contributed by atoms with E-state index in [1.54, 1.807) is 0 Å². The molecule has 0 spiro atoms. The second-order valence-electron chi connectivity index (χ2n) is 20.4. The maximum Gasteiger partial charge on any atom is 0.0492 e. The molecule has 0 amide bonds. The molecule has 2 heterocycles. The van der Waals surface area contributed by atoms with E-state index in [0.717, 1.165) is 34.1 Å². The Labute approximate surface area is 414 Å². The summed E-state index contributed by atoms with van der Waals surface area (Å²) >= 11 is 0. The zero-order valence-corrected chi connectivity index (χ0v) is 41.4. The minimum atomic E-state index is -0.170. The van der Waals surface area contributed by atoms with Gasteiger partial charge in [0.15, 0.2) is 0 Å². The van der Waals surface area contributed by atoms with Crippen LogP contribution >= 0.6 is 0 Å². The first kappa shape index (κ1) is 44.4. The van der Waals surface area contributed by atoms with Crippen molar-refractivity contribution in [2.75, 3.05) is 9.80 Å².